The van der Waals surface area contributed by atoms with Gasteiger partial charge in [0, 0.05) is 31.8 Å². The SMILES string of the molecule is COC(c1cc(-c2nccs2)c2oc(N3CC4CCC(C3)N4C(=O)OC(C)(C)C)nc2c1)C(F)(F)F. The Morgan fingerprint density at radius 1 is 1.19 bits per heavy atom. The minimum Gasteiger partial charge on any atom is -0.444 e. The molecule has 1 amide bonds. The van der Waals surface area contributed by atoms with Crippen LogP contribution < -0.4 is 4.90 Å². The third-order valence-electron chi connectivity index (χ3n) is 6.36. The fraction of sp³-hybridized carbons (Fsp3) is 0.542. The van der Waals surface area contributed by atoms with Gasteiger partial charge < -0.3 is 18.8 Å². The highest BCUT2D eigenvalue weighted by atomic mass is 32.1. The molecule has 2 aliphatic heterocycles. The zero-order valence-corrected chi connectivity index (χ0v) is 21.2. The van der Waals surface area contributed by atoms with E-state index >= 15 is 0 Å². The Hall–Kier alpha value is -2.86. The summed E-state index contributed by atoms with van der Waals surface area (Å²) in [5.41, 5.74) is 0.424. The first-order chi connectivity index (χ1) is 16.9. The maximum Gasteiger partial charge on any atom is 0.418 e. The summed E-state index contributed by atoms with van der Waals surface area (Å²) in [6.45, 7) is 6.49. The minimum absolute atomic E-state index is 0.0642. The first-order valence-corrected chi connectivity index (χ1v) is 12.5. The van der Waals surface area contributed by atoms with Gasteiger partial charge in [-0.05, 0) is 51.3 Å². The number of carbonyl (C=O) groups excluding carboxylic acids is 1. The number of anilines is 1. The molecule has 2 saturated heterocycles. The topological polar surface area (TPSA) is 80.9 Å². The number of fused-ring (bicyclic) bond motifs is 3. The number of aromatic nitrogens is 2. The second kappa shape index (κ2) is 8.91. The van der Waals surface area contributed by atoms with Crippen LogP contribution >= 0.6 is 11.3 Å². The van der Waals surface area contributed by atoms with Crippen LogP contribution in [0.2, 0.25) is 0 Å². The average Bonchev–Trinajstić information content (AvgIpc) is 3.49. The van der Waals surface area contributed by atoms with E-state index in [0.29, 0.717) is 40.8 Å². The second-order valence-electron chi connectivity index (χ2n) is 10.1. The fourth-order valence-electron chi connectivity index (χ4n) is 4.98. The van der Waals surface area contributed by atoms with E-state index in [-0.39, 0.29) is 23.7 Å². The number of thiazole rings is 1. The van der Waals surface area contributed by atoms with Crippen LogP contribution in [-0.2, 0) is 9.47 Å². The Kier molecular flexibility index (Phi) is 6.14. The molecule has 5 rings (SSSR count). The van der Waals surface area contributed by atoms with Gasteiger partial charge in [0.05, 0.1) is 17.6 Å². The molecule has 0 aliphatic carbocycles. The molecule has 12 heteroatoms. The summed E-state index contributed by atoms with van der Waals surface area (Å²) in [5.74, 6) is 0. The number of amides is 1. The molecule has 36 heavy (non-hydrogen) atoms. The minimum atomic E-state index is -4.59. The van der Waals surface area contributed by atoms with Crippen LogP contribution in [0.15, 0.2) is 28.1 Å². The molecular weight excluding hydrogens is 497 g/mol. The van der Waals surface area contributed by atoms with E-state index in [0.717, 1.165) is 20.0 Å². The van der Waals surface area contributed by atoms with Gasteiger partial charge in [0.15, 0.2) is 11.7 Å². The third-order valence-corrected chi connectivity index (χ3v) is 7.16. The van der Waals surface area contributed by atoms with E-state index in [2.05, 4.69) is 9.97 Å². The summed E-state index contributed by atoms with van der Waals surface area (Å²) >= 11 is 1.30. The highest BCUT2D eigenvalue weighted by Gasteiger charge is 2.46. The lowest BCUT2D eigenvalue weighted by Crippen LogP contribution is -2.56. The molecule has 194 valence electrons. The largest absolute Gasteiger partial charge is 0.444 e. The van der Waals surface area contributed by atoms with Crippen molar-refractivity contribution in [2.75, 3.05) is 25.1 Å². The molecule has 2 bridgehead atoms. The van der Waals surface area contributed by atoms with Crippen molar-refractivity contribution < 1.29 is 31.9 Å². The number of oxazole rings is 1. The number of alkyl halides is 3. The lowest BCUT2D eigenvalue weighted by atomic mass is 10.0. The van der Waals surface area contributed by atoms with Crippen LogP contribution in [0.25, 0.3) is 21.7 Å². The van der Waals surface area contributed by atoms with E-state index in [4.69, 9.17) is 13.9 Å². The Labute approximate surface area is 210 Å². The van der Waals surface area contributed by atoms with Crippen molar-refractivity contribution in [1.82, 2.24) is 14.9 Å². The Morgan fingerprint density at radius 3 is 2.44 bits per heavy atom. The van der Waals surface area contributed by atoms with Crippen molar-refractivity contribution in [2.45, 2.75) is 63.6 Å². The normalized spacial score (nSPS) is 21.3. The van der Waals surface area contributed by atoms with Gasteiger partial charge in [0.2, 0.25) is 0 Å². The van der Waals surface area contributed by atoms with E-state index in [1.807, 2.05) is 25.7 Å². The molecule has 2 fully saturated rings. The molecule has 8 nitrogen and oxygen atoms in total. The first kappa shape index (κ1) is 24.8. The number of halogens is 3. The summed E-state index contributed by atoms with van der Waals surface area (Å²) < 4.78 is 57.5. The molecular formula is C24H27F3N4O4S. The van der Waals surface area contributed by atoms with E-state index < -0.39 is 17.9 Å². The highest BCUT2D eigenvalue weighted by Crippen LogP contribution is 2.42. The standard InChI is InChI=1S/C24H27F3N4O4S/c1-23(2,3)35-22(32)31-14-5-6-15(31)12-30(11-14)21-29-17-10-13(19(33-4)24(25,26)27)9-16(18(17)34-21)20-28-7-8-36-20/h7-10,14-15,19H,5-6,11-12H2,1-4H3. The lowest BCUT2D eigenvalue weighted by molar-refractivity contribution is -0.215. The van der Waals surface area contributed by atoms with Crippen LogP contribution in [0.3, 0.4) is 0 Å². The van der Waals surface area contributed by atoms with Gasteiger partial charge in [-0.1, -0.05) is 0 Å². The van der Waals surface area contributed by atoms with Gasteiger partial charge in [-0.25, -0.2) is 9.78 Å². The Balaban J connectivity index is 1.49. The number of methoxy groups -OCH3 is 1. The lowest BCUT2D eigenvalue weighted by Gasteiger charge is -2.40. The number of ether oxygens (including phenoxy) is 2. The number of carbonyl (C=O) groups is 1. The predicted octanol–water partition coefficient (Wildman–Crippen LogP) is 5.79. The summed E-state index contributed by atoms with van der Waals surface area (Å²) in [6.07, 6.45) is -3.78. The smallest absolute Gasteiger partial charge is 0.418 e. The molecule has 3 aromatic rings. The van der Waals surface area contributed by atoms with Crippen LogP contribution in [0.4, 0.5) is 24.0 Å². The number of benzene rings is 1. The van der Waals surface area contributed by atoms with Crippen LogP contribution in [0.1, 0.15) is 45.3 Å². The summed E-state index contributed by atoms with van der Waals surface area (Å²) in [4.78, 5) is 25.4. The van der Waals surface area contributed by atoms with Gasteiger partial charge in [-0.2, -0.15) is 18.2 Å². The Morgan fingerprint density at radius 2 is 1.89 bits per heavy atom. The number of hydrogen-bond donors (Lipinski definition) is 0. The number of rotatable bonds is 4. The van der Waals surface area contributed by atoms with Crippen molar-refractivity contribution in [3.8, 4) is 10.6 Å². The quantitative estimate of drug-likeness (QED) is 0.427. The molecule has 3 unspecified atom stereocenters. The van der Waals surface area contributed by atoms with Crippen molar-refractivity contribution in [3.05, 3.63) is 29.3 Å². The van der Waals surface area contributed by atoms with Crippen LogP contribution in [0, 0.1) is 0 Å². The maximum atomic E-state index is 13.6. The van der Waals surface area contributed by atoms with Crippen molar-refractivity contribution in [1.29, 1.82) is 0 Å². The molecule has 1 aromatic carbocycles. The third kappa shape index (κ3) is 4.63. The molecule has 4 heterocycles. The maximum absolute atomic E-state index is 13.6. The van der Waals surface area contributed by atoms with Crippen LogP contribution in [0.5, 0.6) is 0 Å². The van der Waals surface area contributed by atoms with Gasteiger partial charge in [-0.3, -0.25) is 4.90 Å². The molecule has 0 N–H and O–H groups in total. The van der Waals surface area contributed by atoms with Crippen molar-refractivity contribution >= 4 is 34.5 Å². The fourth-order valence-corrected chi connectivity index (χ4v) is 5.63. The number of hydrogen-bond acceptors (Lipinski definition) is 8. The zero-order chi connectivity index (χ0) is 25.8. The monoisotopic (exact) mass is 524 g/mol. The predicted molar refractivity (Wildman–Crippen MR) is 128 cm³/mol. The molecule has 3 atom stereocenters. The molecule has 0 radical (unpaired) electrons. The van der Waals surface area contributed by atoms with Gasteiger partial charge in [0.1, 0.15) is 16.1 Å². The van der Waals surface area contributed by atoms with Crippen molar-refractivity contribution in [2.24, 2.45) is 0 Å². The molecule has 2 aliphatic rings. The molecule has 0 spiro atoms. The van der Waals surface area contributed by atoms with Crippen molar-refractivity contribution in [3.63, 3.8) is 0 Å². The summed E-state index contributed by atoms with van der Waals surface area (Å²) in [7, 11) is 1.03. The first-order valence-electron chi connectivity index (χ1n) is 11.6. The highest BCUT2D eigenvalue weighted by molar-refractivity contribution is 7.13. The van der Waals surface area contributed by atoms with Crippen LogP contribution in [-0.4, -0.2) is 65.0 Å². The zero-order valence-electron chi connectivity index (χ0n) is 20.3. The van der Waals surface area contributed by atoms with Gasteiger partial charge in [-0.15, -0.1) is 11.3 Å². The van der Waals surface area contributed by atoms with Gasteiger partial charge in [0.25, 0.3) is 6.01 Å². The van der Waals surface area contributed by atoms with Gasteiger partial charge >= 0.3 is 12.3 Å². The van der Waals surface area contributed by atoms with E-state index in [9.17, 15) is 18.0 Å². The number of nitrogens with zero attached hydrogens (tertiary/aromatic N) is 4. The second-order valence-corrected chi connectivity index (χ2v) is 11.0. The number of piperazine rings is 1. The molecule has 0 saturated carbocycles. The van der Waals surface area contributed by atoms with E-state index in [1.54, 1.807) is 16.5 Å². The van der Waals surface area contributed by atoms with E-state index in [1.165, 1.54) is 23.5 Å². The summed E-state index contributed by atoms with van der Waals surface area (Å²) in [6, 6.07) is 2.94. The molecule has 2 aromatic heterocycles. The Bertz CT molecular complexity index is 1240. The average molecular weight is 525 g/mol. The summed E-state index contributed by atoms with van der Waals surface area (Å²) in [5, 5.41) is 2.27.